The van der Waals surface area contributed by atoms with Crippen LogP contribution in [0.2, 0.25) is 0 Å². The fourth-order valence-corrected chi connectivity index (χ4v) is 5.53. The van der Waals surface area contributed by atoms with Crippen molar-refractivity contribution in [2.24, 2.45) is 0 Å². The highest BCUT2D eigenvalue weighted by Gasteiger charge is 2.26. The number of imidazole rings is 1. The predicted molar refractivity (Wildman–Crippen MR) is 168 cm³/mol. The van der Waals surface area contributed by atoms with Crippen LogP contribution < -0.4 is 10.4 Å². The van der Waals surface area contributed by atoms with Gasteiger partial charge in [-0.05, 0) is 40.1 Å². The molecule has 2 nitrogen and oxygen atoms in total. The van der Waals surface area contributed by atoms with Crippen LogP contribution in [0.5, 0.6) is 0 Å². The Hall–Kier alpha value is -4.95. The first-order valence-corrected chi connectivity index (χ1v) is 14.1. The molecule has 0 bridgehead atoms. The summed E-state index contributed by atoms with van der Waals surface area (Å²) in [6.07, 6.45) is 3.23. The van der Waals surface area contributed by atoms with Crippen molar-refractivity contribution in [3.05, 3.63) is 167 Å². The summed E-state index contributed by atoms with van der Waals surface area (Å²) in [5.74, 6) is 0.948. The minimum Gasteiger partial charge on any atom is -0.292 e. The summed E-state index contributed by atoms with van der Waals surface area (Å²) < 4.78 is 2.35. The molecule has 0 atom stereocenters. The number of hydrogen-bond acceptors (Lipinski definition) is 1. The lowest BCUT2D eigenvalue weighted by molar-refractivity contribution is 1.02. The summed E-state index contributed by atoms with van der Waals surface area (Å²) in [5, 5.41) is 2.45. The number of fused-ring (bicyclic) bond motifs is 2. The van der Waals surface area contributed by atoms with E-state index in [2.05, 4.69) is 150 Å². The van der Waals surface area contributed by atoms with E-state index in [1.54, 1.807) is 0 Å². The monoisotopic (exact) mass is 516 g/mol. The fourth-order valence-electron chi connectivity index (χ4n) is 5.53. The van der Waals surface area contributed by atoms with E-state index in [9.17, 15) is 0 Å². The lowest BCUT2D eigenvalue weighted by Crippen LogP contribution is -2.27. The van der Waals surface area contributed by atoms with Crippen molar-refractivity contribution in [3.63, 3.8) is 0 Å². The average molecular weight is 517 g/mol. The maximum atomic E-state index is 5.51. The molecule has 40 heavy (non-hydrogen) atoms. The molecule has 1 aromatic heterocycles. The van der Waals surface area contributed by atoms with Gasteiger partial charge in [0.2, 0.25) is 0 Å². The van der Waals surface area contributed by atoms with E-state index in [-0.39, 0.29) is 0 Å². The quantitative estimate of drug-likeness (QED) is 0.234. The van der Waals surface area contributed by atoms with Gasteiger partial charge in [-0.15, -0.1) is 0 Å². The average Bonchev–Trinajstić information content (AvgIpc) is 3.35. The van der Waals surface area contributed by atoms with Gasteiger partial charge < -0.3 is 0 Å². The Balaban J connectivity index is 0.00000142. The van der Waals surface area contributed by atoms with E-state index < -0.39 is 0 Å². The minimum absolute atomic E-state index is 0.889. The third kappa shape index (κ3) is 4.58. The number of benzene rings is 5. The lowest BCUT2D eigenvalue weighted by atomic mass is 9.97. The van der Waals surface area contributed by atoms with Crippen molar-refractivity contribution in [3.8, 4) is 28.2 Å². The zero-order valence-corrected chi connectivity index (χ0v) is 23.0. The van der Waals surface area contributed by atoms with Gasteiger partial charge in [-0.1, -0.05) is 147 Å². The van der Waals surface area contributed by atoms with E-state index in [0.29, 0.717) is 0 Å². The second-order valence-corrected chi connectivity index (χ2v) is 9.56. The van der Waals surface area contributed by atoms with Crippen LogP contribution in [0.3, 0.4) is 0 Å². The standard InChI is InChI=1S/C36H26N2.C2H6/c1-4-16-28(17-5-1)34-35(29-18-6-2-7-19-29)38(30-20-8-3-9-21-30)36(37-34)33-31-22-12-10-14-26(31)24-25-27-15-11-13-23-32(27)33;1-2/h1-24H,25H2;1-2H3. The van der Waals surface area contributed by atoms with Gasteiger partial charge >= 0.3 is 0 Å². The van der Waals surface area contributed by atoms with Crippen LogP contribution in [0, 0.1) is 0 Å². The molecule has 1 aliphatic carbocycles. The third-order valence-electron chi connectivity index (χ3n) is 7.27. The van der Waals surface area contributed by atoms with Crippen molar-refractivity contribution in [2.45, 2.75) is 20.3 Å². The largest absolute Gasteiger partial charge is 0.292 e. The van der Waals surface area contributed by atoms with Crippen molar-refractivity contribution in [2.75, 3.05) is 0 Å². The molecule has 0 aliphatic heterocycles. The molecule has 0 unspecified atom stereocenters. The first kappa shape index (κ1) is 25.3. The fraction of sp³-hybridized carbons (Fsp3) is 0.0789. The molecule has 7 rings (SSSR count). The number of hydrogen-bond donors (Lipinski definition) is 0. The zero-order chi connectivity index (χ0) is 27.3. The molecule has 0 saturated heterocycles. The SMILES string of the molecule is C1=c2ccccc2=C(c2nc(-c3ccccc3)c(-c3ccccc3)n2-c2ccccc2)c2ccccc2C1.CC. The molecule has 1 aliphatic rings. The third-order valence-corrected chi connectivity index (χ3v) is 7.27. The molecular formula is C38H32N2. The van der Waals surface area contributed by atoms with Gasteiger partial charge in [0.15, 0.2) is 0 Å². The van der Waals surface area contributed by atoms with Crippen LogP contribution >= 0.6 is 0 Å². The Morgan fingerprint density at radius 2 is 1.15 bits per heavy atom. The van der Waals surface area contributed by atoms with Gasteiger partial charge in [-0.25, -0.2) is 4.98 Å². The van der Waals surface area contributed by atoms with Crippen LogP contribution in [0.15, 0.2) is 140 Å². The Bertz CT molecular complexity index is 1870. The van der Waals surface area contributed by atoms with Crippen LogP contribution in [0.1, 0.15) is 30.8 Å². The molecule has 2 heteroatoms. The number of para-hydroxylation sites is 1. The van der Waals surface area contributed by atoms with Crippen molar-refractivity contribution in [1.29, 1.82) is 0 Å². The molecular weight excluding hydrogens is 484 g/mol. The molecule has 5 aromatic carbocycles. The second-order valence-electron chi connectivity index (χ2n) is 9.56. The molecule has 0 radical (unpaired) electrons. The number of rotatable bonds is 4. The maximum Gasteiger partial charge on any atom is 0.147 e. The van der Waals surface area contributed by atoms with Gasteiger partial charge in [-0.3, -0.25) is 4.57 Å². The molecule has 1 heterocycles. The Morgan fingerprint density at radius 1 is 0.575 bits per heavy atom. The Morgan fingerprint density at radius 3 is 1.88 bits per heavy atom. The van der Waals surface area contributed by atoms with Crippen LogP contribution in [0.25, 0.3) is 39.9 Å². The van der Waals surface area contributed by atoms with Gasteiger partial charge in [0.25, 0.3) is 0 Å². The maximum absolute atomic E-state index is 5.51. The van der Waals surface area contributed by atoms with Gasteiger partial charge in [0.05, 0.1) is 11.4 Å². The van der Waals surface area contributed by atoms with Crippen LogP contribution in [0.4, 0.5) is 0 Å². The number of aromatic nitrogens is 2. The molecule has 0 amide bonds. The summed E-state index contributed by atoms with van der Waals surface area (Å²) in [5.41, 5.74) is 9.10. The van der Waals surface area contributed by atoms with E-state index in [1.807, 2.05) is 13.8 Å². The smallest absolute Gasteiger partial charge is 0.147 e. The van der Waals surface area contributed by atoms with E-state index in [0.717, 1.165) is 46.0 Å². The van der Waals surface area contributed by atoms with E-state index in [4.69, 9.17) is 4.98 Å². The Labute approximate surface area is 236 Å². The van der Waals surface area contributed by atoms with Crippen molar-refractivity contribution in [1.82, 2.24) is 9.55 Å². The van der Waals surface area contributed by atoms with Crippen molar-refractivity contribution < 1.29 is 0 Å². The highest BCUT2D eigenvalue weighted by Crippen LogP contribution is 2.38. The minimum atomic E-state index is 0.889. The normalized spacial score (nSPS) is 11.8. The molecule has 0 spiro atoms. The second kappa shape index (κ2) is 11.4. The first-order valence-electron chi connectivity index (χ1n) is 14.1. The highest BCUT2D eigenvalue weighted by molar-refractivity contribution is 5.87. The zero-order valence-electron chi connectivity index (χ0n) is 23.0. The topological polar surface area (TPSA) is 17.8 Å². The van der Waals surface area contributed by atoms with Crippen LogP contribution in [-0.2, 0) is 6.42 Å². The first-order chi connectivity index (χ1) is 19.9. The van der Waals surface area contributed by atoms with Gasteiger partial charge in [-0.2, -0.15) is 0 Å². The van der Waals surface area contributed by atoms with Gasteiger partial charge in [0, 0.05) is 22.4 Å². The number of nitrogens with zero attached hydrogens (tertiary/aromatic N) is 2. The summed E-state index contributed by atoms with van der Waals surface area (Å²) in [4.78, 5) is 5.51. The molecule has 0 N–H and O–H groups in total. The summed E-state index contributed by atoms with van der Waals surface area (Å²) in [6, 6.07) is 49.3. The van der Waals surface area contributed by atoms with Gasteiger partial charge in [0.1, 0.15) is 5.82 Å². The van der Waals surface area contributed by atoms with Crippen LogP contribution in [-0.4, -0.2) is 9.55 Å². The van der Waals surface area contributed by atoms with Crippen molar-refractivity contribution >= 4 is 11.6 Å². The lowest BCUT2D eigenvalue weighted by Gasteiger charge is -2.16. The summed E-state index contributed by atoms with van der Waals surface area (Å²) in [6.45, 7) is 4.00. The summed E-state index contributed by atoms with van der Waals surface area (Å²) in [7, 11) is 0. The van der Waals surface area contributed by atoms with E-state index >= 15 is 0 Å². The highest BCUT2D eigenvalue weighted by atomic mass is 15.1. The molecule has 194 valence electrons. The molecule has 0 fully saturated rings. The summed E-state index contributed by atoms with van der Waals surface area (Å²) >= 11 is 0. The predicted octanol–water partition coefficient (Wildman–Crippen LogP) is 7.82. The van der Waals surface area contributed by atoms with E-state index in [1.165, 1.54) is 21.6 Å². The Kier molecular flexibility index (Phi) is 7.24. The molecule has 6 aromatic rings. The molecule has 0 saturated carbocycles.